The zero-order valence-corrected chi connectivity index (χ0v) is 43.5. The van der Waals surface area contributed by atoms with Gasteiger partial charge >= 0.3 is 0 Å². The van der Waals surface area contributed by atoms with E-state index in [1.165, 1.54) is 33.4 Å². The third-order valence-corrected chi connectivity index (χ3v) is 17.4. The Labute approximate surface area is 432 Å². The lowest BCUT2D eigenvalue weighted by Crippen LogP contribution is -2.52. The van der Waals surface area contributed by atoms with Gasteiger partial charge in [0.05, 0.1) is 28.7 Å². The van der Waals surface area contributed by atoms with Crippen LogP contribution in [0.2, 0.25) is 0 Å². The number of aryl methyl sites for hydroxylation is 1. The lowest BCUT2D eigenvalue weighted by Gasteiger charge is -2.37. The van der Waals surface area contributed by atoms with E-state index in [1.54, 1.807) is 19.3 Å². The number of amides is 2. The quantitative estimate of drug-likeness (QED) is 0.150. The van der Waals surface area contributed by atoms with Crippen molar-refractivity contribution in [3.63, 3.8) is 0 Å². The molecule has 0 spiro atoms. The number of carbonyl (C=O) groups is 4. The number of aromatic nitrogens is 2. The molecule has 74 heavy (non-hydrogen) atoms. The number of halogens is 2. The standard InChI is InChI=1S/C59H68F2N8O5/c1-34-28-47-43(49(13-20-64-47)68-33-46(61)48(63-6)32-53(68)71)31-42(34)36(3)65-25-18-39(19-26-65)54-35(2)27-40(29-45(54)60)57(73)67-23-16-38(17-24-67)8-7-37-14-21-66(22-15-37)41-9-10-50-44(30-41)59(4,5)58(74)69(50)51-11-12-52(70)55(62)56(51)72/h9-10,13,18,20,27,29-34,36-38,51,62-63H,7-8,11-12,14-17,19,21-26,28H2,1-6H3/t34?,36-,51?/m0/s1. The largest absolute Gasteiger partial charge is 0.386 e. The average molecular weight is 1010 g/mol. The number of nitrogens with one attached hydrogen (secondary N) is 2. The lowest BCUT2D eigenvalue weighted by molar-refractivity contribution is -0.126. The molecule has 10 rings (SSSR count). The molecular weight excluding hydrogens is 939 g/mol. The third-order valence-electron chi connectivity index (χ3n) is 17.4. The average Bonchev–Trinajstić information content (AvgIpc) is 3.60. The van der Waals surface area contributed by atoms with Crippen molar-refractivity contribution in [1.82, 2.24) is 19.4 Å². The summed E-state index contributed by atoms with van der Waals surface area (Å²) in [5.41, 5.74) is 7.23. The number of benzene rings is 2. The number of nitrogens with zero attached hydrogens (tertiary/aromatic N) is 6. The molecule has 3 atom stereocenters. The van der Waals surface area contributed by atoms with Gasteiger partial charge in [-0.1, -0.05) is 25.8 Å². The minimum absolute atomic E-state index is 0.0505. The van der Waals surface area contributed by atoms with Crippen LogP contribution in [-0.4, -0.2) is 107 Å². The van der Waals surface area contributed by atoms with E-state index in [9.17, 15) is 28.4 Å². The molecule has 2 saturated heterocycles. The van der Waals surface area contributed by atoms with Crippen molar-refractivity contribution in [2.75, 3.05) is 61.4 Å². The number of Topliss-reactive ketones (excluding diaryl/α,β-unsaturated/α-hetero) is 2. The second-order valence-corrected chi connectivity index (χ2v) is 22.2. The van der Waals surface area contributed by atoms with Crippen molar-refractivity contribution in [2.24, 2.45) is 17.8 Å². The summed E-state index contributed by atoms with van der Waals surface area (Å²) in [6.07, 6.45) is 15.1. The van der Waals surface area contributed by atoms with Crippen molar-refractivity contribution in [1.29, 1.82) is 5.41 Å². The number of anilines is 3. The van der Waals surface area contributed by atoms with Gasteiger partial charge in [0, 0.05) is 99.1 Å². The number of carbonyl (C=O) groups excluding carboxylic acids is 4. The Hall–Kier alpha value is -6.61. The maximum absolute atomic E-state index is 16.2. The Morgan fingerprint density at radius 1 is 0.892 bits per heavy atom. The highest BCUT2D eigenvalue weighted by molar-refractivity contribution is 6.67. The van der Waals surface area contributed by atoms with E-state index in [-0.39, 0.29) is 53.7 Å². The van der Waals surface area contributed by atoms with E-state index < -0.39 is 34.6 Å². The zero-order valence-electron chi connectivity index (χ0n) is 43.5. The van der Waals surface area contributed by atoms with Crippen LogP contribution in [0.5, 0.6) is 0 Å². The van der Waals surface area contributed by atoms with Gasteiger partial charge in [-0.25, -0.2) is 8.78 Å². The fourth-order valence-electron chi connectivity index (χ4n) is 12.8. The molecule has 0 radical (unpaired) electrons. The summed E-state index contributed by atoms with van der Waals surface area (Å²) in [4.78, 5) is 78.5. The SMILES string of the molecule is CNc1cc(=O)n(-c2ccnc3c2C=C([C@H](C)N2CC=C(c4c(C)cc(C(=O)N5CCC(CCC6CCN(c7ccc8c(c7)C(C)(C)C(=O)N8C7CCC(=O)C(=N)C7=O)CC6)CC5)cc4F)CC2)C(C)C3)cc1F. The number of pyridine rings is 2. The highest BCUT2D eigenvalue weighted by atomic mass is 19.1. The van der Waals surface area contributed by atoms with E-state index in [2.05, 4.69) is 52.2 Å². The molecule has 2 aromatic heterocycles. The number of likely N-dealkylation sites (tertiary alicyclic amines) is 1. The highest BCUT2D eigenvalue weighted by Gasteiger charge is 2.50. The third kappa shape index (κ3) is 9.34. The molecule has 15 heteroatoms. The van der Waals surface area contributed by atoms with E-state index in [0.717, 1.165) is 91.8 Å². The summed E-state index contributed by atoms with van der Waals surface area (Å²) < 4.78 is 32.4. The first-order valence-corrected chi connectivity index (χ1v) is 26.6. The first kappa shape index (κ1) is 50.9. The Balaban J connectivity index is 0.708. The van der Waals surface area contributed by atoms with Crippen molar-refractivity contribution >= 4 is 57.8 Å². The van der Waals surface area contributed by atoms with Gasteiger partial charge in [-0.05, 0) is 155 Å². The molecule has 2 amide bonds. The van der Waals surface area contributed by atoms with Gasteiger partial charge in [0.15, 0.2) is 11.6 Å². The van der Waals surface area contributed by atoms with Crippen LogP contribution >= 0.6 is 0 Å². The maximum atomic E-state index is 16.2. The minimum Gasteiger partial charge on any atom is -0.386 e. The normalized spacial score (nSPS) is 22.1. The van der Waals surface area contributed by atoms with Crippen LogP contribution in [0, 0.1) is 41.7 Å². The summed E-state index contributed by atoms with van der Waals surface area (Å²) in [6, 6.07) is 11.6. The predicted molar refractivity (Wildman–Crippen MR) is 285 cm³/mol. The van der Waals surface area contributed by atoms with Gasteiger partial charge in [-0.15, -0.1) is 0 Å². The molecule has 2 N–H and O–H groups in total. The minimum atomic E-state index is -0.835. The zero-order chi connectivity index (χ0) is 52.3. The number of hydrogen-bond donors (Lipinski definition) is 2. The van der Waals surface area contributed by atoms with E-state index in [1.807, 2.05) is 43.9 Å². The van der Waals surface area contributed by atoms with Crippen LogP contribution in [0.4, 0.5) is 25.8 Å². The summed E-state index contributed by atoms with van der Waals surface area (Å²) in [5.74, 6) is -0.874. The molecule has 2 aliphatic carbocycles. The smallest absolute Gasteiger partial charge is 0.257 e. The molecular formula is C59H68F2N8O5. The van der Waals surface area contributed by atoms with Crippen LogP contribution in [0.15, 0.2) is 71.3 Å². The Bertz CT molecular complexity index is 3070. The van der Waals surface area contributed by atoms with Crippen molar-refractivity contribution in [3.05, 3.63) is 122 Å². The molecule has 1 saturated carbocycles. The second kappa shape index (κ2) is 20.3. The number of ketones is 2. The molecule has 388 valence electrons. The summed E-state index contributed by atoms with van der Waals surface area (Å²) >= 11 is 0. The van der Waals surface area contributed by atoms with Gasteiger partial charge in [0.1, 0.15) is 17.6 Å². The highest BCUT2D eigenvalue weighted by Crippen LogP contribution is 2.46. The summed E-state index contributed by atoms with van der Waals surface area (Å²) in [7, 11) is 1.58. The molecule has 4 aliphatic heterocycles. The van der Waals surface area contributed by atoms with Crippen LogP contribution in [-0.2, 0) is 26.2 Å². The topological polar surface area (TPSA) is 152 Å². The van der Waals surface area contributed by atoms with E-state index >= 15 is 4.39 Å². The Morgan fingerprint density at radius 2 is 1.61 bits per heavy atom. The van der Waals surface area contributed by atoms with Crippen molar-refractivity contribution in [3.8, 4) is 5.69 Å². The van der Waals surface area contributed by atoms with Crippen LogP contribution in [0.3, 0.4) is 0 Å². The fourth-order valence-corrected chi connectivity index (χ4v) is 12.8. The first-order valence-electron chi connectivity index (χ1n) is 26.6. The predicted octanol–water partition coefficient (Wildman–Crippen LogP) is 9.11. The van der Waals surface area contributed by atoms with Gasteiger partial charge in [0.2, 0.25) is 11.7 Å². The Morgan fingerprint density at radius 3 is 2.28 bits per heavy atom. The van der Waals surface area contributed by atoms with E-state index in [4.69, 9.17) is 5.41 Å². The Kier molecular flexibility index (Phi) is 13.9. The van der Waals surface area contributed by atoms with Gasteiger partial charge in [-0.3, -0.25) is 43.8 Å². The van der Waals surface area contributed by atoms with Crippen molar-refractivity contribution in [2.45, 2.75) is 116 Å². The fraction of sp³-hybridized carbons (Fsp3) is 0.475. The van der Waals surface area contributed by atoms with Gasteiger partial charge in [-0.2, -0.15) is 0 Å². The molecule has 3 fully saturated rings. The second-order valence-electron chi connectivity index (χ2n) is 22.2. The summed E-state index contributed by atoms with van der Waals surface area (Å²) in [6.45, 7) is 14.5. The molecule has 6 aliphatic rings. The molecule has 6 heterocycles. The maximum Gasteiger partial charge on any atom is 0.257 e. The van der Waals surface area contributed by atoms with Crippen molar-refractivity contribution < 1.29 is 28.0 Å². The van der Waals surface area contributed by atoms with Gasteiger partial charge < -0.3 is 20.0 Å². The van der Waals surface area contributed by atoms with Crippen LogP contribution in [0.25, 0.3) is 17.3 Å². The lowest BCUT2D eigenvalue weighted by atomic mass is 9.82. The van der Waals surface area contributed by atoms with Crippen LogP contribution < -0.4 is 20.7 Å². The summed E-state index contributed by atoms with van der Waals surface area (Å²) in [5, 5.41) is 10.7. The number of hydrogen-bond acceptors (Lipinski definition) is 10. The molecule has 2 aromatic carbocycles. The number of piperidine rings is 2. The number of rotatable bonds is 11. The van der Waals surface area contributed by atoms with E-state index in [0.29, 0.717) is 66.8 Å². The van der Waals surface area contributed by atoms with Gasteiger partial charge in [0.25, 0.3) is 11.5 Å². The monoisotopic (exact) mass is 1010 g/mol. The molecule has 4 aromatic rings. The first-order chi connectivity index (χ1) is 35.4. The number of fused-ring (bicyclic) bond motifs is 2. The molecule has 0 bridgehead atoms. The molecule has 13 nitrogen and oxygen atoms in total. The van der Waals surface area contributed by atoms with Crippen LogP contribution in [0.1, 0.15) is 124 Å². The molecule has 2 unspecified atom stereocenters.